The summed E-state index contributed by atoms with van der Waals surface area (Å²) in [4.78, 5) is 9.25. The molecule has 46 heavy (non-hydrogen) atoms. The van der Waals surface area contributed by atoms with E-state index >= 15 is 0 Å². The van der Waals surface area contributed by atoms with Crippen molar-refractivity contribution in [1.29, 1.82) is 0 Å². The zero-order valence-electron chi connectivity index (χ0n) is 24.0. The van der Waals surface area contributed by atoms with E-state index in [-0.39, 0.29) is 22.6 Å². The average molecular weight is 617 g/mol. The van der Waals surface area contributed by atoms with Crippen molar-refractivity contribution in [3.63, 3.8) is 0 Å². The number of halogens is 4. The summed E-state index contributed by atoms with van der Waals surface area (Å²) in [6.45, 7) is 0. The van der Waals surface area contributed by atoms with Crippen LogP contribution < -0.4 is 0 Å². The predicted octanol–water partition coefficient (Wildman–Crippen LogP) is 10.2. The molecule has 0 bridgehead atoms. The molecule has 0 aliphatic carbocycles. The minimum absolute atomic E-state index is 0.0694. The van der Waals surface area contributed by atoms with Crippen molar-refractivity contribution in [3.8, 4) is 44.9 Å². The fraction of sp³-hybridized carbons (Fsp3) is 0. The van der Waals surface area contributed by atoms with Crippen LogP contribution in [0.3, 0.4) is 0 Å². The van der Waals surface area contributed by atoms with Crippen LogP contribution in [0.15, 0.2) is 131 Å². The minimum atomic E-state index is -0.723. The van der Waals surface area contributed by atoms with Crippen molar-refractivity contribution in [1.82, 2.24) is 0 Å². The number of benzene rings is 6. The number of aromatic hydroxyl groups is 2. The maximum atomic E-state index is 14.4. The lowest BCUT2D eigenvalue weighted by molar-refractivity contribution is 0.474. The van der Waals surface area contributed by atoms with Gasteiger partial charge in [0.05, 0.1) is 11.4 Å². The highest BCUT2D eigenvalue weighted by Crippen LogP contribution is 2.37. The van der Waals surface area contributed by atoms with Gasteiger partial charge in [0, 0.05) is 57.9 Å². The van der Waals surface area contributed by atoms with E-state index in [1.165, 1.54) is 61.0 Å². The molecular formula is C38H24F4N2O2. The van der Waals surface area contributed by atoms with Gasteiger partial charge in [0.1, 0.15) is 34.8 Å². The zero-order chi connectivity index (χ0) is 32.2. The van der Waals surface area contributed by atoms with E-state index in [1.54, 1.807) is 24.3 Å². The number of para-hydroxylation sites is 2. The van der Waals surface area contributed by atoms with E-state index in [0.29, 0.717) is 33.6 Å². The third-order valence-corrected chi connectivity index (χ3v) is 7.32. The smallest absolute Gasteiger partial charge is 0.133 e. The molecule has 0 radical (unpaired) electrons. The van der Waals surface area contributed by atoms with E-state index in [4.69, 9.17) is 0 Å². The monoisotopic (exact) mass is 616 g/mol. The van der Waals surface area contributed by atoms with Crippen molar-refractivity contribution >= 4 is 23.8 Å². The lowest BCUT2D eigenvalue weighted by atomic mass is 10.0. The molecule has 0 aromatic heterocycles. The number of phenols is 2. The third-order valence-electron chi connectivity index (χ3n) is 7.32. The Hall–Kier alpha value is -6.02. The molecule has 0 saturated carbocycles. The topological polar surface area (TPSA) is 65.2 Å². The summed E-state index contributed by atoms with van der Waals surface area (Å²) in [6, 6.07) is 30.3. The molecule has 6 aromatic rings. The van der Waals surface area contributed by atoms with E-state index in [9.17, 15) is 27.8 Å². The molecule has 2 N–H and O–H groups in total. The standard InChI is InChI=1S/C38H24F4N2O2/c39-27-11-13-29(33(41)19-27)23-9-15-37(45)25(17-23)21-43-35-7-3-1-5-31(35)32-6-2-4-8-36(32)44-22-26-18-24(10-16-38(26)46)30-14-12-28(40)20-34(30)42/h1-22,45-46H. The van der Waals surface area contributed by atoms with Gasteiger partial charge in [0.15, 0.2) is 0 Å². The van der Waals surface area contributed by atoms with Gasteiger partial charge in [0.25, 0.3) is 0 Å². The van der Waals surface area contributed by atoms with Crippen molar-refractivity contribution < 1.29 is 27.8 Å². The lowest BCUT2D eigenvalue weighted by Gasteiger charge is -2.10. The summed E-state index contributed by atoms with van der Waals surface area (Å²) in [5, 5.41) is 21.0. The molecule has 6 aromatic carbocycles. The Balaban J connectivity index is 1.33. The number of hydrogen-bond donors (Lipinski definition) is 2. The molecular weight excluding hydrogens is 592 g/mol. The average Bonchev–Trinajstić information content (AvgIpc) is 3.05. The maximum Gasteiger partial charge on any atom is 0.133 e. The van der Waals surface area contributed by atoms with E-state index in [2.05, 4.69) is 9.98 Å². The highest BCUT2D eigenvalue weighted by molar-refractivity contribution is 5.93. The van der Waals surface area contributed by atoms with Crippen LogP contribution in [0, 0.1) is 23.3 Å². The van der Waals surface area contributed by atoms with Crippen molar-refractivity contribution in [3.05, 3.63) is 156 Å². The normalized spacial score (nSPS) is 11.5. The molecule has 0 saturated heterocycles. The number of hydrogen-bond acceptors (Lipinski definition) is 4. The maximum absolute atomic E-state index is 14.4. The Morgan fingerprint density at radius 3 is 1.26 bits per heavy atom. The van der Waals surface area contributed by atoms with Crippen molar-refractivity contribution in [2.24, 2.45) is 9.98 Å². The number of phenolic OH excluding ortho intramolecular Hbond substituents is 2. The van der Waals surface area contributed by atoms with Crippen LogP contribution in [0.4, 0.5) is 28.9 Å². The van der Waals surface area contributed by atoms with E-state index in [0.717, 1.165) is 23.3 Å². The Morgan fingerprint density at radius 1 is 0.435 bits per heavy atom. The van der Waals surface area contributed by atoms with Gasteiger partial charge in [-0.3, -0.25) is 9.98 Å². The van der Waals surface area contributed by atoms with Crippen LogP contribution in [0.5, 0.6) is 11.5 Å². The van der Waals surface area contributed by atoms with Gasteiger partial charge in [-0.25, -0.2) is 17.6 Å². The van der Waals surface area contributed by atoms with Crippen LogP contribution in [0.25, 0.3) is 33.4 Å². The van der Waals surface area contributed by atoms with Crippen LogP contribution in [0.2, 0.25) is 0 Å². The van der Waals surface area contributed by atoms with Gasteiger partial charge >= 0.3 is 0 Å². The van der Waals surface area contributed by atoms with Gasteiger partial charge in [-0.2, -0.15) is 0 Å². The first-order valence-corrected chi connectivity index (χ1v) is 14.1. The van der Waals surface area contributed by atoms with Crippen molar-refractivity contribution in [2.45, 2.75) is 0 Å². The summed E-state index contributed by atoms with van der Waals surface area (Å²) < 4.78 is 55.7. The zero-order valence-corrected chi connectivity index (χ0v) is 24.0. The summed E-state index contributed by atoms with van der Waals surface area (Å²) in [5.74, 6) is -2.96. The molecule has 0 amide bonds. The van der Waals surface area contributed by atoms with E-state index < -0.39 is 23.3 Å². The largest absolute Gasteiger partial charge is 0.507 e. The molecule has 0 spiro atoms. The Labute approximate surface area is 261 Å². The van der Waals surface area contributed by atoms with E-state index in [1.807, 2.05) is 36.4 Å². The molecule has 0 heterocycles. The van der Waals surface area contributed by atoms with Crippen LogP contribution in [-0.4, -0.2) is 22.6 Å². The third kappa shape index (κ3) is 6.42. The fourth-order valence-electron chi connectivity index (χ4n) is 5.00. The molecule has 0 unspecified atom stereocenters. The number of aliphatic imine (C=N–C) groups is 2. The molecule has 0 fully saturated rings. The summed E-state index contributed by atoms with van der Waals surface area (Å²) in [5.41, 5.74) is 4.46. The van der Waals surface area contributed by atoms with Gasteiger partial charge in [-0.1, -0.05) is 48.5 Å². The predicted molar refractivity (Wildman–Crippen MR) is 173 cm³/mol. The minimum Gasteiger partial charge on any atom is -0.507 e. The Bertz CT molecular complexity index is 1990. The summed E-state index contributed by atoms with van der Waals surface area (Å²) >= 11 is 0. The van der Waals surface area contributed by atoms with Gasteiger partial charge in [0.2, 0.25) is 0 Å². The first-order valence-electron chi connectivity index (χ1n) is 14.1. The number of nitrogens with zero attached hydrogens (tertiary/aromatic N) is 2. The molecule has 8 heteroatoms. The highest BCUT2D eigenvalue weighted by Gasteiger charge is 2.12. The first-order chi connectivity index (χ1) is 22.3. The second-order valence-electron chi connectivity index (χ2n) is 10.3. The number of rotatable bonds is 7. The molecule has 0 aliphatic rings. The lowest BCUT2D eigenvalue weighted by Crippen LogP contribution is -1.90. The van der Waals surface area contributed by atoms with Gasteiger partial charge in [-0.15, -0.1) is 0 Å². The molecule has 0 aliphatic heterocycles. The van der Waals surface area contributed by atoms with Crippen LogP contribution in [0.1, 0.15) is 11.1 Å². The Kier molecular flexibility index (Phi) is 8.43. The molecule has 6 rings (SSSR count). The second-order valence-corrected chi connectivity index (χ2v) is 10.3. The summed E-state index contributed by atoms with van der Waals surface area (Å²) in [7, 11) is 0. The van der Waals surface area contributed by atoms with Gasteiger partial charge < -0.3 is 10.2 Å². The SMILES string of the molecule is Oc1ccc(-c2ccc(F)cc2F)cc1C=Nc1ccccc1-c1ccccc1N=Cc1cc(-c2ccc(F)cc2F)ccc1O. The molecule has 0 atom stereocenters. The Morgan fingerprint density at radius 2 is 0.848 bits per heavy atom. The molecule has 226 valence electrons. The van der Waals surface area contributed by atoms with Crippen LogP contribution in [-0.2, 0) is 0 Å². The first kappa shape index (κ1) is 30.0. The quantitative estimate of drug-likeness (QED) is 0.138. The highest BCUT2D eigenvalue weighted by atomic mass is 19.1. The van der Waals surface area contributed by atoms with Gasteiger partial charge in [-0.05, 0) is 71.8 Å². The molecule has 4 nitrogen and oxygen atoms in total. The fourth-order valence-corrected chi connectivity index (χ4v) is 5.00. The van der Waals surface area contributed by atoms with Crippen molar-refractivity contribution in [2.75, 3.05) is 0 Å². The second kappa shape index (κ2) is 12.9. The van der Waals surface area contributed by atoms with Crippen LogP contribution >= 0.6 is 0 Å². The summed E-state index contributed by atoms with van der Waals surface area (Å²) in [6.07, 6.45) is 2.92.